The highest BCUT2D eigenvalue weighted by atomic mass is 16.2. The molecule has 0 radical (unpaired) electrons. The van der Waals surface area contributed by atoms with Crippen molar-refractivity contribution in [3.05, 3.63) is 52.4 Å². The van der Waals surface area contributed by atoms with Crippen LogP contribution in [0.4, 0.5) is 0 Å². The Labute approximate surface area is 122 Å². The Balaban J connectivity index is 1.81. The third-order valence-corrected chi connectivity index (χ3v) is 3.78. The van der Waals surface area contributed by atoms with Crippen molar-refractivity contribution >= 4 is 5.91 Å². The van der Waals surface area contributed by atoms with Crippen LogP contribution in [-0.4, -0.2) is 21.9 Å². The second kappa shape index (κ2) is 5.52. The number of nitrogens with zero attached hydrogens (tertiary/aromatic N) is 1. The predicted octanol–water partition coefficient (Wildman–Crippen LogP) is 1.97. The number of pyridine rings is 2. The molecule has 0 aliphatic heterocycles. The van der Waals surface area contributed by atoms with E-state index >= 15 is 0 Å². The number of amides is 1. The van der Waals surface area contributed by atoms with Gasteiger partial charge in [0.1, 0.15) is 5.56 Å². The summed E-state index contributed by atoms with van der Waals surface area (Å²) in [5.74, 6) is 0.240. The smallest absolute Gasteiger partial charge is 0.261 e. The van der Waals surface area contributed by atoms with Crippen LogP contribution in [-0.2, 0) is 0 Å². The van der Waals surface area contributed by atoms with E-state index in [1.54, 1.807) is 24.4 Å². The van der Waals surface area contributed by atoms with E-state index in [0.717, 1.165) is 12.8 Å². The normalized spacial score (nSPS) is 15.5. The van der Waals surface area contributed by atoms with Crippen LogP contribution in [0, 0.1) is 5.92 Å². The van der Waals surface area contributed by atoms with Crippen molar-refractivity contribution in [3.63, 3.8) is 0 Å². The molecule has 21 heavy (non-hydrogen) atoms. The Hall–Kier alpha value is -2.43. The molecule has 0 saturated heterocycles. The molecule has 0 bridgehead atoms. The number of aromatic nitrogens is 2. The third kappa shape index (κ3) is 3.02. The maximum atomic E-state index is 12.1. The van der Waals surface area contributed by atoms with Crippen molar-refractivity contribution in [3.8, 4) is 11.4 Å². The summed E-state index contributed by atoms with van der Waals surface area (Å²) in [6.07, 6.45) is 3.96. The first kappa shape index (κ1) is 13.5. The average molecular weight is 283 g/mol. The average Bonchev–Trinajstić information content (AvgIpc) is 3.32. The highest BCUT2D eigenvalue weighted by Crippen LogP contribution is 2.32. The molecule has 2 aromatic rings. The minimum atomic E-state index is -0.390. The van der Waals surface area contributed by atoms with Crippen molar-refractivity contribution in [1.82, 2.24) is 15.3 Å². The van der Waals surface area contributed by atoms with Gasteiger partial charge in [-0.25, -0.2) is 0 Å². The number of rotatable bonds is 4. The van der Waals surface area contributed by atoms with Crippen molar-refractivity contribution in [1.29, 1.82) is 0 Å². The van der Waals surface area contributed by atoms with Gasteiger partial charge in [-0.05, 0) is 49.9 Å². The molecule has 5 heteroatoms. The molecule has 1 aliphatic carbocycles. The van der Waals surface area contributed by atoms with E-state index in [0.29, 0.717) is 17.3 Å². The zero-order valence-electron chi connectivity index (χ0n) is 11.8. The van der Waals surface area contributed by atoms with Crippen LogP contribution in [0.2, 0.25) is 0 Å². The van der Waals surface area contributed by atoms with E-state index in [1.165, 1.54) is 0 Å². The molecule has 1 amide bonds. The summed E-state index contributed by atoms with van der Waals surface area (Å²) in [6, 6.07) is 8.84. The topological polar surface area (TPSA) is 74.8 Å². The number of hydrogen-bond donors (Lipinski definition) is 2. The third-order valence-electron chi connectivity index (χ3n) is 3.78. The minimum Gasteiger partial charge on any atom is -0.349 e. The lowest BCUT2D eigenvalue weighted by molar-refractivity contribution is 0.0934. The highest BCUT2D eigenvalue weighted by Gasteiger charge is 2.29. The monoisotopic (exact) mass is 283 g/mol. The first-order chi connectivity index (χ1) is 10.1. The zero-order valence-corrected chi connectivity index (χ0v) is 11.8. The van der Waals surface area contributed by atoms with Crippen molar-refractivity contribution < 1.29 is 4.79 Å². The molecule has 2 N–H and O–H groups in total. The molecule has 108 valence electrons. The van der Waals surface area contributed by atoms with Crippen LogP contribution in [0.15, 0.2) is 41.3 Å². The molecule has 0 unspecified atom stereocenters. The van der Waals surface area contributed by atoms with E-state index in [2.05, 4.69) is 15.3 Å². The SMILES string of the molecule is C[C@H](NC(=O)c1ccc(-c2ccccn2)[nH]c1=O)C1CC1. The van der Waals surface area contributed by atoms with Gasteiger partial charge in [-0.3, -0.25) is 14.6 Å². The fraction of sp³-hybridized carbons (Fsp3) is 0.312. The molecule has 1 atom stereocenters. The molecule has 2 aromatic heterocycles. The second-order valence-corrected chi connectivity index (χ2v) is 5.43. The number of H-pyrrole nitrogens is 1. The lowest BCUT2D eigenvalue weighted by Gasteiger charge is -2.12. The van der Waals surface area contributed by atoms with Gasteiger partial charge in [0.2, 0.25) is 0 Å². The Morgan fingerprint density at radius 2 is 2.14 bits per heavy atom. The molecule has 2 heterocycles. The summed E-state index contributed by atoms with van der Waals surface area (Å²) < 4.78 is 0. The van der Waals surface area contributed by atoms with Crippen LogP contribution in [0.25, 0.3) is 11.4 Å². The molecular formula is C16H17N3O2. The number of carbonyl (C=O) groups is 1. The summed E-state index contributed by atoms with van der Waals surface area (Å²) in [4.78, 5) is 31.1. The summed E-state index contributed by atoms with van der Waals surface area (Å²) >= 11 is 0. The standard InChI is InChI=1S/C16H17N3O2/c1-10(11-5-6-11)18-15(20)12-7-8-14(19-16(12)21)13-4-2-3-9-17-13/h2-4,7-11H,5-6H2,1H3,(H,18,20)(H,19,21)/t10-/m0/s1. The van der Waals surface area contributed by atoms with Gasteiger partial charge in [-0.2, -0.15) is 0 Å². The molecule has 0 spiro atoms. The summed E-state index contributed by atoms with van der Waals surface area (Å²) in [5.41, 5.74) is 1.03. The molecule has 5 nitrogen and oxygen atoms in total. The van der Waals surface area contributed by atoms with E-state index in [-0.39, 0.29) is 17.5 Å². The molecule has 0 aromatic carbocycles. The van der Waals surface area contributed by atoms with Crippen LogP contribution < -0.4 is 10.9 Å². The molecule has 1 saturated carbocycles. The van der Waals surface area contributed by atoms with Gasteiger partial charge in [0.05, 0.1) is 11.4 Å². The minimum absolute atomic E-state index is 0.118. The van der Waals surface area contributed by atoms with E-state index in [4.69, 9.17) is 0 Å². The Kier molecular flexibility index (Phi) is 3.56. The van der Waals surface area contributed by atoms with E-state index in [1.807, 2.05) is 19.1 Å². The second-order valence-electron chi connectivity index (χ2n) is 5.43. The van der Waals surface area contributed by atoms with Gasteiger partial charge >= 0.3 is 0 Å². The van der Waals surface area contributed by atoms with Crippen molar-refractivity contribution in [2.75, 3.05) is 0 Å². The number of nitrogens with one attached hydrogen (secondary N) is 2. The van der Waals surface area contributed by atoms with Gasteiger partial charge in [-0.15, -0.1) is 0 Å². The number of hydrogen-bond acceptors (Lipinski definition) is 3. The van der Waals surface area contributed by atoms with Gasteiger partial charge in [0, 0.05) is 12.2 Å². The largest absolute Gasteiger partial charge is 0.349 e. The Morgan fingerprint density at radius 3 is 2.76 bits per heavy atom. The predicted molar refractivity (Wildman–Crippen MR) is 79.9 cm³/mol. The first-order valence-electron chi connectivity index (χ1n) is 7.11. The van der Waals surface area contributed by atoms with Gasteiger partial charge in [-0.1, -0.05) is 6.07 Å². The van der Waals surface area contributed by atoms with E-state index in [9.17, 15) is 9.59 Å². The Bertz CT molecular complexity index is 705. The molecule has 1 aliphatic rings. The van der Waals surface area contributed by atoms with Gasteiger partial charge < -0.3 is 10.3 Å². The molecular weight excluding hydrogens is 266 g/mol. The molecule has 1 fully saturated rings. The maximum Gasteiger partial charge on any atom is 0.261 e. The lowest BCUT2D eigenvalue weighted by atomic mass is 10.1. The summed E-state index contributed by atoms with van der Waals surface area (Å²) in [7, 11) is 0. The zero-order chi connectivity index (χ0) is 14.8. The van der Waals surface area contributed by atoms with Crippen molar-refractivity contribution in [2.24, 2.45) is 5.92 Å². The van der Waals surface area contributed by atoms with Gasteiger partial charge in [0.25, 0.3) is 11.5 Å². The number of aromatic amines is 1. The fourth-order valence-corrected chi connectivity index (χ4v) is 2.32. The van der Waals surface area contributed by atoms with Crippen LogP contribution in [0.3, 0.4) is 0 Å². The van der Waals surface area contributed by atoms with Crippen LogP contribution in [0.5, 0.6) is 0 Å². The maximum absolute atomic E-state index is 12.1. The Morgan fingerprint density at radius 1 is 1.33 bits per heavy atom. The first-order valence-corrected chi connectivity index (χ1v) is 7.11. The summed E-state index contributed by atoms with van der Waals surface area (Å²) in [6.45, 7) is 1.98. The summed E-state index contributed by atoms with van der Waals surface area (Å²) in [5, 5.41) is 2.88. The van der Waals surface area contributed by atoms with Crippen LogP contribution in [0.1, 0.15) is 30.1 Å². The quantitative estimate of drug-likeness (QED) is 0.900. The molecule has 3 rings (SSSR count). The van der Waals surface area contributed by atoms with E-state index < -0.39 is 5.56 Å². The van der Waals surface area contributed by atoms with Gasteiger partial charge in [0.15, 0.2) is 0 Å². The van der Waals surface area contributed by atoms with Crippen molar-refractivity contribution in [2.45, 2.75) is 25.8 Å². The number of carbonyl (C=O) groups excluding carboxylic acids is 1. The lowest BCUT2D eigenvalue weighted by Crippen LogP contribution is -2.37. The highest BCUT2D eigenvalue weighted by molar-refractivity contribution is 5.94. The van der Waals surface area contributed by atoms with Crippen LogP contribution >= 0.6 is 0 Å². The fourth-order valence-electron chi connectivity index (χ4n) is 2.32.